The minimum absolute atomic E-state index is 0.0968. The summed E-state index contributed by atoms with van der Waals surface area (Å²) in [6, 6.07) is 17.3. The minimum Gasteiger partial charge on any atom is -0.494 e. The maximum Gasteiger partial charge on any atom is 0.264 e. The predicted octanol–water partition coefficient (Wildman–Crippen LogP) is 5.06. The lowest BCUT2D eigenvalue weighted by Gasteiger charge is -2.32. The summed E-state index contributed by atoms with van der Waals surface area (Å²) < 4.78 is 47.7. The second kappa shape index (κ2) is 14.1. The summed E-state index contributed by atoms with van der Waals surface area (Å²) in [5, 5.41) is 2.91. The van der Waals surface area contributed by atoms with E-state index in [0.29, 0.717) is 18.8 Å². The van der Waals surface area contributed by atoms with Crippen molar-refractivity contribution in [1.29, 1.82) is 0 Å². The van der Waals surface area contributed by atoms with Crippen LogP contribution in [0.25, 0.3) is 0 Å². The van der Waals surface area contributed by atoms with Crippen LogP contribution in [0.3, 0.4) is 0 Å². The number of carbonyl (C=O) groups excluding carboxylic acids is 2. The number of anilines is 1. The normalized spacial score (nSPS) is 12.7. The Morgan fingerprint density at radius 3 is 2.10 bits per heavy atom. The van der Waals surface area contributed by atoms with Crippen LogP contribution in [0.4, 0.5) is 10.1 Å². The van der Waals surface area contributed by atoms with Gasteiger partial charge in [-0.05, 0) is 88.2 Å². The Bertz CT molecular complexity index is 1410. The molecule has 0 unspecified atom stereocenters. The number of rotatable bonds is 13. The van der Waals surface area contributed by atoms with Gasteiger partial charge in [-0.3, -0.25) is 13.9 Å². The summed E-state index contributed by atoms with van der Waals surface area (Å²) in [5.41, 5.74) is 2.06. The van der Waals surface area contributed by atoms with Gasteiger partial charge < -0.3 is 15.0 Å². The molecule has 0 bridgehead atoms. The van der Waals surface area contributed by atoms with E-state index in [2.05, 4.69) is 5.32 Å². The fourth-order valence-electron chi connectivity index (χ4n) is 4.08. The number of hydrogen-bond donors (Lipinski definition) is 1. The van der Waals surface area contributed by atoms with Gasteiger partial charge in [-0.1, -0.05) is 36.8 Å². The molecule has 3 rings (SSSR count). The maximum atomic E-state index is 14.0. The number of amides is 2. The van der Waals surface area contributed by atoms with Gasteiger partial charge in [0, 0.05) is 12.6 Å². The zero-order valence-electron chi connectivity index (χ0n) is 24.1. The number of benzene rings is 3. The Hall–Kier alpha value is -3.92. The first-order valence-electron chi connectivity index (χ1n) is 13.6. The second-order valence-corrected chi connectivity index (χ2v) is 11.8. The van der Waals surface area contributed by atoms with E-state index in [-0.39, 0.29) is 29.1 Å². The molecule has 1 N–H and O–H groups in total. The average molecular weight is 584 g/mol. The van der Waals surface area contributed by atoms with Crippen molar-refractivity contribution < 1.29 is 27.1 Å². The lowest BCUT2D eigenvalue weighted by atomic mass is 10.1. The van der Waals surface area contributed by atoms with Gasteiger partial charge in [0.05, 0.1) is 17.2 Å². The molecule has 8 nitrogen and oxygen atoms in total. The molecule has 10 heteroatoms. The molecule has 0 aliphatic heterocycles. The lowest BCUT2D eigenvalue weighted by molar-refractivity contribution is -0.139. The van der Waals surface area contributed by atoms with E-state index in [4.69, 9.17) is 4.74 Å². The number of nitrogens with one attached hydrogen (secondary N) is 1. The van der Waals surface area contributed by atoms with Crippen LogP contribution < -0.4 is 14.4 Å². The Morgan fingerprint density at radius 2 is 1.54 bits per heavy atom. The van der Waals surface area contributed by atoms with E-state index >= 15 is 0 Å². The van der Waals surface area contributed by atoms with Crippen LogP contribution in [0.15, 0.2) is 77.7 Å². The van der Waals surface area contributed by atoms with Crippen LogP contribution in [0.1, 0.15) is 45.2 Å². The van der Waals surface area contributed by atoms with Crippen LogP contribution >= 0.6 is 0 Å². The van der Waals surface area contributed by atoms with E-state index in [1.54, 1.807) is 31.2 Å². The Kier molecular flexibility index (Phi) is 10.9. The third-order valence-corrected chi connectivity index (χ3v) is 8.55. The Balaban J connectivity index is 2.02. The third-order valence-electron chi connectivity index (χ3n) is 6.76. The Morgan fingerprint density at radius 1 is 0.927 bits per heavy atom. The molecule has 2 amide bonds. The highest BCUT2D eigenvalue weighted by Crippen LogP contribution is 2.27. The molecule has 0 spiro atoms. The summed E-state index contributed by atoms with van der Waals surface area (Å²) in [6.07, 6.45) is 0.714. The van der Waals surface area contributed by atoms with Crippen LogP contribution in [0, 0.1) is 12.7 Å². The molecule has 0 aromatic heterocycles. The highest BCUT2D eigenvalue weighted by Gasteiger charge is 2.32. The van der Waals surface area contributed by atoms with Gasteiger partial charge in [-0.15, -0.1) is 0 Å². The van der Waals surface area contributed by atoms with Gasteiger partial charge in [0.25, 0.3) is 10.0 Å². The highest BCUT2D eigenvalue weighted by molar-refractivity contribution is 7.92. The molecule has 3 aromatic carbocycles. The quantitative estimate of drug-likeness (QED) is 0.304. The van der Waals surface area contributed by atoms with E-state index in [1.165, 1.54) is 4.90 Å². The number of carbonyl (C=O) groups is 2. The SMILES string of the molecule is CCOc1ccc(N(CC(=O)N(Cc2ccc(C)cc2)[C@H](C)C(=O)N[C@@H](C)CC)S(=O)(=O)c2ccc(F)cc2)cc1. The average Bonchev–Trinajstić information content (AvgIpc) is 2.95. The predicted molar refractivity (Wildman–Crippen MR) is 158 cm³/mol. The van der Waals surface area contributed by atoms with Crippen molar-refractivity contribution >= 4 is 27.5 Å². The molecule has 0 saturated heterocycles. The molecule has 220 valence electrons. The van der Waals surface area contributed by atoms with Crippen molar-refractivity contribution in [2.24, 2.45) is 0 Å². The first-order valence-corrected chi connectivity index (χ1v) is 15.1. The second-order valence-electron chi connectivity index (χ2n) is 9.89. The van der Waals surface area contributed by atoms with Gasteiger partial charge in [0.1, 0.15) is 24.2 Å². The van der Waals surface area contributed by atoms with Crippen molar-refractivity contribution in [1.82, 2.24) is 10.2 Å². The molecule has 0 aliphatic carbocycles. The molecular formula is C31H38FN3O5S. The molecule has 41 heavy (non-hydrogen) atoms. The maximum absolute atomic E-state index is 14.0. The Labute approximate surface area is 242 Å². The number of sulfonamides is 1. The molecule has 2 atom stereocenters. The summed E-state index contributed by atoms with van der Waals surface area (Å²) >= 11 is 0. The summed E-state index contributed by atoms with van der Waals surface area (Å²) in [7, 11) is -4.29. The van der Waals surface area contributed by atoms with Gasteiger partial charge in [-0.2, -0.15) is 0 Å². The van der Waals surface area contributed by atoms with Crippen LogP contribution in [0.5, 0.6) is 5.75 Å². The van der Waals surface area contributed by atoms with Crippen LogP contribution in [0.2, 0.25) is 0 Å². The fourth-order valence-corrected chi connectivity index (χ4v) is 5.49. The molecule has 0 aliphatic rings. The van der Waals surface area contributed by atoms with Crippen molar-refractivity contribution in [2.45, 2.75) is 64.6 Å². The molecular weight excluding hydrogens is 545 g/mol. The summed E-state index contributed by atoms with van der Waals surface area (Å²) in [6.45, 7) is 9.17. The van der Waals surface area contributed by atoms with E-state index in [9.17, 15) is 22.4 Å². The third kappa shape index (κ3) is 8.29. The molecule has 3 aromatic rings. The van der Waals surface area contributed by atoms with Gasteiger partial charge in [0.15, 0.2) is 0 Å². The van der Waals surface area contributed by atoms with Gasteiger partial charge >= 0.3 is 0 Å². The van der Waals surface area contributed by atoms with Gasteiger partial charge in [0.2, 0.25) is 11.8 Å². The zero-order chi connectivity index (χ0) is 30.2. The number of aryl methyl sites for hydroxylation is 1. The topological polar surface area (TPSA) is 96.0 Å². The zero-order valence-corrected chi connectivity index (χ0v) is 24.9. The number of ether oxygens (including phenoxy) is 1. The van der Waals surface area contributed by atoms with E-state index < -0.39 is 34.3 Å². The smallest absolute Gasteiger partial charge is 0.264 e. The standard InChI is InChI=1S/C31H38FN3O5S/c1-6-23(4)33-31(37)24(5)34(20-25-10-8-22(3)9-11-25)30(36)21-35(27-14-16-28(17-15-27)40-7-2)41(38,39)29-18-12-26(32)13-19-29/h8-19,23-24H,6-7,20-21H2,1-5H3,(H,33,37)/t23-,24+/m0/s1. The van der Waals surface area contributed by atoms with Crippen molar-refractivity contribution in [2.75, 3.05) is 17.5 Å². The molecule has 0 radical (unpaired) electrons. The summed E-state index contributed by atoms with van der Waals surface area (Å²) in [5.74, 6) is -0.957. The van der Waals surface area contributed by atoms with E-state index in [1.807, 2.05) is 52.0 Å². The van der Waals surface area contributed by atoms with Crippen molar-refractivity contribution in [3.8, 4) is 5.75 Å². The largest absolute Gasteiger partial charge is 0.494 e. The number of halogens is 1. The van der Waals surface area contributed by atoms with E-state index in [0.717, 1.165) is 39.7 Å². The highest BCUT2D eigenvalue weighted by atomic mass is 32.2. The fraction of sp³-hybridized carbons (Fsp3) is 0.355. The minimum atomic E-state index is -4.29. The molecule has 0 fully saturated rings. The summed E-state index contributed by atoms with van der Waals surface area (Å²) in [4.78, 5) is 28.3. The van der Waals surface area contributed by atoms with Crippen molar-refractivity contribution in [3.63, 3.8) is 0 Å². The lowest BCUT2D eigenvalue weighted by Crippen LogP contribution is -2.52. The first-order chi connectivity index (χ1) is 19.5. The van der Waals surface area contributed by atoms with Crippen molar-refractivity contribution in [3.05, 3.63) is 89.7 Å². The van der Waals surface area contributed by atoms with Gasteiger partial charge in [-0.25, -0.2) is 12.8 Å². The first kappa shape index (κ1) is 31.6. The number of nitrogens with zero attached hydrogens (tertiary/aromatic N) is 2. The van der Waals surface area contributed by atoms with Crippen LogP contribution in [-0.2, 0) is 26.2 Å². The monoisotopic (exact) mass is 583 g/mol. The molecule has 0 saturated carbocycles. The van der Waals surface area contributed by atoms with Crippen LogP contribution in [-0.4, -0.2) is 50.4 Å². The number of hydrogen-bond acceptors (Lipinski definition) is 5. The molecule has 0 heterocycles.